The zero-order valence-corrected chi connectivity index (χ0v) is 12.8. The van der Waals surface area contributed by atoms with E-state index >= 15 is 0 Å². The minimum Gasteiger partial charge on any atom is -0.351 e. The van der Waals surface area contributed by atoms with Gasteiger partial charge in [0.1, 0.15) is 0 Å². The van der Waals surface area contributed by atoms with Gasteiger partial charge in [-0.15, -0.1) is 0 Å². The first kappa shape index (κ1) is 14.6. The Morgan fingerprint density at radius 3 is 2.30 bits per heavy atom. The lowest BCUT2D eigenvalue weighted by Crippen LogP contribution is -2.47. The van der Waals surface area contributed by atoms with Crippen molar-refractivity contribution < 1.29 is 4.79 Å². The van der Waals surface area contributed by atoms with E-state index in [0.29, 0.717) is 5.96 Å². The highest BCUT2D eigenvalue weighted by Crippen LogP contribution is 2.36. The van der Waals surface area contributed by atoms with Crippen molar-refractivity contribution in [1.29, 1.82) is 0 Å². The molecule has 0 aromatic heterocycles. The summed E-state index contributed by atoms with van der Waals surface area (Å²) in [6, 6.07) is 9.75. The Labute approximate surface area is 120 Å². The molecule has 4 nitrogen and oxygen atoms in total. The van der Waals surface area contributed by atoms with Gasteiger partial charge in [-0.05, 0) is 32.3 Å². The molecule has 1 aromatic carbocycles. The van der Waals surface area contributed by atoms with Crippen molar-refractivity contribution in [3.05, 3.63) is 35.9 Å². The van der Waals surface area contributed by atoms with Crippen LogP contribution in [0.25, 0.3) is 0 Å². The molecular weight excluding hydrogens is 250 g/mol. The number of benzene rings is 1. The maximum atomic E-state index is 12.6. The minimum atomic E-state index is -0.838. The molecule has 2 rings (SSSR count). The predicted molar refractivity (Wildman–Crippen MR) is 81.4 cm³/mol. The second-order valence-electron chi connectivity index (χ2n) is 6.58. The summed E-state index contributed by atoms with van der Waals surface area (Å²) in [5.74, 6) is 0.565. The van der Waals surface area contributed by atoms with Gasteiger partial charge in [0.25, 0.3) is 5.91 Å². The van der Waals surface area contributed by atoms with E-state index in [0.717, 1.165) is 5.56 Å². The van der Waals surface area contributed by atoms with Crippen LogP contribution in [0.4, 0.5) is 0 Å². The molecule has 0 aliphatic carbocycles. The fourth-order valence-corrected chi connectivity index (χ4v) is 2.48. The van der Waals surface area contributed by atoms with Crippen LogP contribution >= 0.6 is 0 Å². The van der Waals surface area contributed by atoms with E-state index in [1.54, 1.807) is 0 Å². The summed E-state index contributed by atoms with van der Waals surface area (Å²) in [6.07, 6.45) is 0. The quantitative estimate of drug-likeness (QED) is 0.869. The van der Waals surface area contributed by atoms with E-state index in [1.807, 2.05) is 65.0 Å². The molecule has 108 valence electrons. The van der Waals surface area contributed by atoms with Gasteiger partial charge in [0.05, 0.1) is 0 Å². The summed E-state index contributed by atoms with van der Waals surface area (Å²) in [5, 5.41) is 6.13. The summed E-state index contributed by atoms with van der Waals surface area (Å²) in [4.78, 5) is 17.3. The highest BCUT2D eigenvalue weighted by Gasteiger charge is 2.48. The van der Waals surface area contributed by atoms with Gasteiger partial charge in [-0.1, -0.05) is 44.2 Å². The van der Waals surface area contributed by atoms with Gasteiger partial charge in [0.15, 0.2) is 11.5 Å². The van der Waals surface area contributed by atoms with Crippen LogP contribution in [0, 0.1) is 5.92 Å². The second kappa shape index (κ2) is 4.93. The Hall–Kier alpha value is -1.84. The van der Waals surface area contributed by atoms with Crippen LogP contribution in [0.2, 0.25) is 0 Å². The van der Waals surface area contributed by atoms with E-state index in [4.69, 9.17) is 4.99 Å². The molecule has 1 heterocycles. The molecule has 0 spiro atoms. The molecule has 20 heavy (non-hydrogen) atoms. The maximum Gasteiger partial charge on any atom is 0.259 e. The van der Waals surface area contributed by atoms with Crippen LogP contribution in [-0.2, 0) is 10.3 Å². The molecule has 1 amide bonds. The lowest BCUT2D eigenvalue weighted by molar-refractivity contribution is -0.125. The number of aliphatic imine (C=N–C) groups is 1. The topological polar surface area (TPSA) is 53.5 Å². The molecule has 2 N–H and O–H groups in total. The fraction of sp³-hybridized carbons (Fsp3) is 0.500. The van der Waals surface area contributed by atoms with Crippen LogP contribution in [0.1, 0.15) is 40.2 Å². The second-order valence-corrected chi connectivity index (χ2v) is 6.58. The smallest absolute Gasteiger partial charge is 0.259 e. The summed E-state index contributed by atoms with van der Waals surface area (Å²) < 4.78 is 0. The molecule has 0 radical (unpaired) electrons. The van der Waals surface area contributed by atoms with E-state index < -0.39 is 5.54 Å². The van der Waals surface area contributed by atoms with Gasteiger partial charge >= 0.3 is 0 Å². The largest absolute Gasteiger partial charge is 0.351 e. The number of carbonyl (C=O) groups is 1. The van der Waals surface area contributed by atoms with Crippen LogP contribution in [-0.4, -0.2) is 17.4 Å². The standard InChI is InChI=1S/C16H23N3O/c1-11(2)16(12-9-7-6-8-10-12)13(20)17-14(19-16)18-15(3,4)5/h6-11H,1-5H3,(H2,17,18,19,20). The van der Waals surface area contributed by atoms with Crippen molar-refractivity contribution in [1.82, 2.24) is 10.6 Å². The number of rotatable bonds is 2. The van der Waals surface area contributed by atoms with E-state index in [-0.39, 0.29) is 17.4 Å². The fourth-order valence-electron chi connectivity index (χ4n) is 2.48. The highest BCUT2D eigenvalue weighted by molar-refractivity contribution is 6.08. The van der Waals surface area contributed by atoms with E-state index in [2.05, 4.69) is 10.6 Å². The Morgan fingerprint density at radius 1 is 1.20 bits per heavy atom. The van der Waals surface area contributed by atoms with Crippen LogP contribution < -0.4 is 10.6 Å². The normalized spacial score (nSPS) is 22.7. The molecule has 1 unspecified atom stereocenters. The summed E-state index contributed by atoms with van der Waals surface area (Å²) in [6.45, 7) is 10.2. The third-order valence-corrected chi connectivity index (χ3v) is 3.41. The summed E-state index contributed by atoms with van der Waals surface area (Å²) in [5.41, 5.74) is -0.0525. The van der Waals surface area contributed by atoms with Crippen molar-refractivity contribution in [2.24, 2.45) is 10.9 Å². The lowest BCUT2D eigenvalue weighted by Gasteiger charge is -2.27. The third-order valence-electron chi connectivity index (χ3n) is 3.41. The van der Waals surface area contributed by atoms with Gasteiger partial charge in [-0.2, -0.15) is 0 Å². The van der Waals surface area contributed by atoms with E-state index in [1.165, 1.54) is 0 Å². The van der Waals surface area contributed by atoms with Crippen molar-refractivity contribution in [3.63, 3.8) is 0 Å². The van der Waals surface area contributed by atoms with Gasteiger partial charge in [-0.3, -0.25) is 10.1 Å². The Bertz CT molecular complexity index is 528. The molecular formula is C16H23N3O. The number of carbonyl (C=O) groups excluding carboxylic acids is 1. The van der Waals surface area contributed by atoms with Crippen LogP contribution in [0.3, 0.4) is 0 Å². The summed E-state index contributed by atoms with van der Waals surface area (Å²) >= 11 is 0. The summed E-state index contributed by atoms with van der Waals surface area (Å²) in [7, 11) is 0. The molecule has 1 atom stereocenters. The predicted octanol–water partition coefficient (Wildman–Crippen LogP) is 2.41. The maximum absolute atomic E-state index is 12.6. The number of hydrogen-bond donors (Lipinski definition) is 2. The average molecular weight is 273 g/mol. The average Bonchev–Trinajstić information content (AvgIpc) is 2.65. The number of nitrogens with zero attached hydrogens (tertiary/aromatic N) is 1. The molecule has 0 saturated heterocycles. The molecule has 4 heteroatoms. The zero-order valence-electron chi connectivity index (χ0n) is 12.8. The van der Waals surface area contributed by atoms with E-state index in [9.17, 15) is 4.79 Å². The molecule has 1 aliphatic heterocycles. The van der Waals surface area contributed by atoms with Crippen LogP contribution in [0.5, 0.6) is 0 Å². The van der Waals surface area contributed by atoms with Gasteiger partial charge in [0, 0.05) is 5.54 Å². The molecule has 0 bridgehead atoms. The van der Waals surface area contributed by atoms with Crippen molar-refractivity contribution in [3.8, 4) is 0 Å². The first-order chi connectivity index (χ1) is 9.25. The highest BCUT2D eigenvalue weighted by atomic mass is 16.2. The third kappa shape index (κ3) is 2.55. The Balaban J connectivity index is 2.46. The molecule has 1 aromatic rings. The Morgan fingerprint density at radius 2 is 1.80 bits per heavy atom. The SMILES string of the molecule is CC(C)C1(c2ccccc2)N=C(NC(C)(C)C)NC1=O. The van der Waals surface area contributed by atoms with Gasteiger partial charge < -0.3 is 5.32 Å². The van der Waals surface area contributed by atoms with Crippen LogP contribution in [0.15, 0.2) is 35.3 Å². The number of hydrogen-bond acceptors (Lipinski definition) is 3. The molecule has 0 fully saturated rings. The number of guanidine groups is 1. The number of nitrogens with one attached hydrogen (secondary N) is 2. The van der Waals surface area contributed by atoms with Gasteiger partial charge in [-0.25, -0.2) is 4.99 Å². The number of amides is 1. The van der Waals surface area contributed by atoms with Crippen molar-refractivity contribution in [2.75, 3.05) is 0 Å². The lowest BCUT2D eigenvalue weighted by atomic mass is 9.80. The van der Waals surface area contributed by atoms with Gasteiger partial charge in [0.2, 0.25) is 0 Å². The van der Waals surface area contributed by atoms with Crippen molar-refractivity contribution >= 4 is 11.9 Å². The van der Waals surface area contributed by atoms with Crippen molar-refractivity contribution in [2.45, 2.75) is 45.7 Å². The Kier molecular flexibility index (Phi) is 3.59. The minimum absolute atomic E-state index is 0.0644. The zero-order chi connectivity index (χ0) is 15.0. The molecule has 0 saturated carbocycles. The molecule has 1 aliphatic rings. The first-order valence-electron chi connectivity index (χ1n) is 7.01. The monoisotopic (exact) mass is 273 g/mol. The first-order valence-corrected chi connectivity index (χ1v) is 7.01.